The second kappa shape index (κ2) is 8.08. The van der Waals surface area contributed by atoms with E-state index in [0.29, 0.717) is 27.5 Å². The monoisotopic (exact) mass is 525 g/mol. The van der Waals surface area contributed by atoms with Gasteiger partial charge in [-0.15, -0.1) is 0 Å². The van der Waals surface area contributed by atoms with Crippen molar-refractivity contribution in [3.8, 4) is 22.3 Å². The quantitative estimate of drug-likeness (QED) is 0.210. The van der Waals surface area contributed by atoms with Crippen LogP contribution in [-0.4, -0.2) is 0 Å². The summed E-state index contributed by atoms with van der Waals surface area (Å²) in [5.41, 5.74) is 0.519. The summed E-state index contributed by atoms with van der Waals surface area (Å²) >= 11 is 0. The van der Waals surface area contributed by atoms with Gasteiger partial charge in [-0.3, -0.25) is 0 Å². The molecule has 2 heteroatoms. The van der Waals surface area contributed by atoms with Crippen molar-refractivity contribution in [2.24, 2.45) is 0 Å². The molecule has 9 aromatic rings. The summed E-state index contributed by atoms with van der Waals surface area (Å²) < 4.78 is 146. The third kappa shape index (κ3) is 2.88. The molecule has 0 bridgehead atoms. The van der Waals surface area contributed by atoms with E-state index in [1.54, 1.807) is 24.3 Å². The van der Waals surface area contributed by atoms with Gasteiger partial charge >= 0.3 is 0 Å². The molecule has 0 unspecified atom stereocenters. The van der Waals surface area contributed by atoms with Crippen LogP contribution >= 0.6 is 0 Å². The van der Waals surface area contributed by atoms with Gasteiger partial charge in [0.25, 0.3) is 0 Å². The second-order valence-corrected chi connectivity index (χ2v) is 9.31. The number of hydrogen-bond donors (Lipinski definition) is 0. The molecule has 0 aliphatic carbocycles. The predicted molar refractivity (Wildman–Crippen MR) is 167 cm³/mol. The van der Waals surface area contributed by atoms with Crippen molar-refractivity contribution in [1.82, 2.24) is 0 Å². The number of fused-ring (bicyclic) bond motifs is 8. The van der Waals surface area contributed by atoms with Crippen LogP contribution in [-0.2, 0) is 0 Å². The van der Waals surface area contributed by atoms with Gasteiger partial charge in [0.05, 0.1) is 32.2 Å². The predicted octanol–water partition coefficient (Wildman–Crippen LogP) is 11.1. The molecule has 0 saturated heterocycles. The van der Waals surface area contributed by atoms with Crippen molar-refractivity contribution < 1.29 is 29.4 Å². The van der Waals surface area contributed by atoms with Crippen molar-refractivity contribution in [3.05, 3.63) is 133 Å². The zero-order valence-corrected chi connectivity index (χ0v) is 20.4. The van der Waals surface area contributed by atoms with Crippen molar-refractivity contribution >= 4 is 65.2 Å². The second-order valence-electron chi connectivity index (χ2n) is 9.31. The molecule has 2 nitrogen and oxygen atoms in total. The number of para-hydroxylation sites is 1. The van der Waals surface area contributed by atoms with Crippen LogP contribution in [0.4, 0.5) is 0 Å². The smallest absolute Gasteiger partial charge is 0.146 e. The van der Waals surface area contributed by atoms with E-state index in [-0.39, 0.29) is 38.2 Å². The molecule has 0 aliphatic heterocycles. The van der Waals surface area contributed by atoms with Crippen LogP contribution in [0.3, 0.4) is 0 Å². The van der Waals surface area contributed by atoms with Gasteiger partial charge in [0.2, 0.25) is 0 Å². The van der Waals surface area contributed by atoms with Gasteiger partial charge in [-0.05, 0) is 72.8 Å². The Balaban J connectivity index is 1.66. The highest BCUT2D eigenvalue weighted by Gasteiger charge is 2.22. The Morgan fingerprint density at radius 3 is 1.88 bits per heavy atom. The minimum absolute atomic E-state index is 0.0394. The third-order valence-corrected chi connectivity index (χ3v) is 7.29. The Hall–Kier alpha value is -5.34. The standard InChI is InChI=1S/C38H22O2/c1-2-12-24-23(10-1)11-9-18-25(24)35-26-13-3-5-15-28(26)36(29-16-6-4-14-27(29)35)32-22-34-37(38-30(32)20-21-39-38)31-17-7-8-19-33(31)40-34/h1-22H/i1D,2D,3D,4D,5D,6D,9D,10D,11D,12D,13D,14D,15D,16D,18D. The first-order chi connectivity index (χ1) is 26.1. The molecule has 0 spiro atoms. The van der Waals surface area contributed by atoms with Crippen molar-refractivity contribution in [2.45, 2.75) is 0 Å². The van der Waals surface area contributed by atoms with Gasteiger partial charge in [-0.25, -0.2) is 0 Å². The molecular weight excluding hydrogens is 488 g/mol. The van der Waals surface area contributed by atoms with Crippen molar-refractivity contribution in [2.75, 3.05) is 0 Å². The fourth-order valence-electron chi connectivity index (χ4n) is 5.68. The summed E-state index contributed by atoms with van der Waals surface area (Å²) in [4.78, 5) is 0. The number of hydrogen-bond acceptors (Lipinski definition) is 2. The largest absolute Gasteiger partial charge is 0.464 e. The summed E-state index contributed by atoms with van der Waals surface area (Å²) in [5.74, 6) is 0. The van der Waals surface area contributed by atoms with E-state index in [1.165, 1.54) is 6.26 Å². The number of furan rings is 2. The fourth-order valence-corrected chi connectivity index (χ4v) is 5.68. The molecule has 9 rings (SSSR count). The Kier molecular flexibility index (Phi) is 2.39. The zero-order chi connectivity index (χ0) is 39.3. The van der Waals surface area contributed by atoms with E-state index >= 15 is 0 Å². The molecule has 2 heterocycles. The molecule has 0 N–H and O–H groups in total. The normalized spacial score (nSPS) is 17.2. The molecule has 7 aromatic carbocycles. The zero-order valence-electron chi connectivity index (χ0n) is 35.4. The van der Waals surface area contributed by atoms with Gasteiger partial charge in [-0.2, -0.15) is 0 Å². The van der Waals surface area contributed by atoms with E-state index in [0.717, 1.165) is 5.39 Å². The van der Waals surface area contributed by atoms with Crippen LogP contribution in [0.15, 0.2) is 142 Å². The Morgan fingerprint density at radius 1 is 0.500 bits per heavy atom. The van der Waals surface area contributed by atoms with Crippen LogP contribution < -0.4 is 0 Å². The molecule has 0 atom stereocenters. The first-order valence-corrected chi connectivity index (χ1v) is 12.4. The van der Waals surface area contributed by atoms with Gasteiger partial charge in [0, 0.05) is 10.8 Å². The molecule has 2 aromatic heterocycles. The van der Waals surface area contributed by atoms with E-state index in [2.05, 4.69) is 0 Å². The summed E-state index contributed by atoms with van der Waals surface area (Å²) in [6, 6.07) is -0.00232. The first-order valence-electron chi connectivity index (χ1n) is 19.9. The van der Waals surface area contributed by atoms with Crippen LogP contribution in [0.25, 0.3) is 87.5 Å². The fraction of sp³-hybridized carbons (Fsp3) is 0. The van der Waals surface area contributed by atoms with Gasteiger partial charge in [-0.1, -0.05) is 109 Å². The minimum Gasteiger partial charge on any atom is -0.464 e. The SMILES string of the molecule is [2H]c1c([2H])c([2H])c2c(-c3c4c([2H])c([2H])c([2H])c([2H])c4c(-c4cc5oc6ccccc6c5c5occc45)c4c([2H])c([2H])c([2H])c([2H])c34)c([2H])c([2H])c([2H])c2c1[2H]. The van der Waals surface area contributed by atoms with Crippen LogP contribution in [0, 0.1) is 0 Å². The number of benzene rings is 7. The third-order valence-electron chi connectivity index (χ3n) is 7.29. The lowest BCUT2D eigenvalue weighted by atomic mass is 9.84. The van der Waals surface area contributed by atoms with Gasteiger partial charge in [0.1, 0.15) is 16.7 Å². The highest BCUT2D eigenvalue weighted by atomic mass is 16.3. The highest BCUT2D eigenvalue weighted by Crippen LogP contribution is 2.48. The maximum atomic E-state index is 9.36. The highest BCUT2D eigenvalue weighted by molar-refractivity contribution is 6.28. The first kappa shape index (κ1) is 11.8. The minimum atomic E-state index is -0.768. The molecule has 40 heavy (non-hydrogen) atoms. The van der Waals surface area contributed by atoms with Crippen LogP contribution in [0.1, 0.15) is 20.6 Å². The van der Waals surface area contributed by atoms with Crippen LogP contribution in [0.5, 0.6) is 0 Å². The van der Waals surface area contributed by atoms with Gasteiger partial charge in [0.15, 0.2) is 0 Å². The topological polar surface area (TPSA) is 26.3 Å². The summed E-state index contributed by atoms with van der Waals surface area (Å²) in [7, 11) is 0. The van der Waals surface area contributed by atoms with Crippen molar-refractivity contribution in [3.63, 3.8) is 0 Å². The molecule has 0 saturated carbocycles. The Bertz CT molecular complexity index is 3180. The molecular formula is C38H22O2. The van der Waals surface area contributed by atoms with Crippen LogP contribution in [0.2, 0.25) is 0 Å². The molecule has 0 radical (unpaired) electrons. The van der Waals surface area contributed by atoms with E-state index in [9.17, 15) is 6.85 Å². The maximum Gasteiger partial charge on any atom is 0.146 e. The molecule has 0 amide bonds. The van der Waals surface area contributed by atoms with E-state index in [4.69, 9.17) is 22.5 Å². The lowest BCUT2D eigenvalue weighted by molar-refractivity contribution is 0.618. The number of rotatable bonds is 2. The molecule has 0 aliphatic rings. The van der Waals surface area contributed by atoms with Gasteiger partial charge < -0.3 is 8.83 Å². The Morgan fingerprint density at radius 2 is 1.12 bits per heavy atom. The average molecular weight is 526 g/mol. The van der Waals surface area contributed by atoms with E-state index < -0.39 is 107 Å². The molecule has 186 valence electrons. The summed E-state index contributed by atoms with van der Waals surface area (Å²) in [5, 5.41) is -0.247. The Labute approximate surface area is 250 Å². The summed E-state index contributed by atoms with van der Waals surface area (Å²) in [6.45, 7) is 0. The average Bonchev–Trinajstić information content (AvgIpc) is 3.81. The molecule has 0 fully saturated rings. The van der Waals surface area contributed by atoms with Crippen molar-refractivity contribution in [1.29, 1.82) is 0 Å². The lowest BCUT2D eigenvalue weighted by Gasteiger charge is -2.19. The maximum absolute atomic E-state index is 9.36. The summed E-state index contributed by atoms with van der Waals surface area (Å²) in [6.07, 6.45) is 1.42. The van der Waals surface area contributed by atoms with E-state index in [1.807, 2.05) is 12.1 Å². The lowest BCUT2D eigenvalue weighted by Crippen LogP contribution is -1.92.